The van der Waals surface area contributed by atoms with Gasteiger partial charge in [-0.2, -0.15) is 18.3 Å². The van der Waals surface area contributed by atoms with Crippen molar-refractivity contribution < 1.29 is 37.0 Å². The second-order valence-electron chi connectivity index (χ2n) is 7.00. The van der Waals surface area contributed by atoms with Gasteiger partial charge in [-0.15, -0.1) is 0 Å². The van der Waals surface area contributed by atoms with Gasteiger partial charge >= 0.3 is 12.1 Å². The Balaban J connectivity index is 1.88. The molecular formula is C22H18F4N2O4. The van der Waals surface area contributed by atoms with Crippen LogP contribution in [0.25, 0.3) is 6.08 Å². The predicted octanol–water partition coefficient (Wildman–Crippen LogP) is 4.37. The van der Waals surface area contributed by atoms with Crippen molar-refractivity contribution in [3.63, 3.8) is 0 Å². The van der Waals surface area contributed by atoms with E-state index in [1.807, 2.05) is 0 Å². The lowest BCUT2D eigenvalue weighted by Gasteiger charge is -2.15. The Morgan fingerprint density at radius 1 is 1.16 bits per heavy atom. The molecule has 1 N–H and O–H groups in total. The third kappa shape index (κ3) is 5.20. The first-order chi connectivity index (χ1) is 15.1. The van der Waals surface area contributed by atoms with Crippen molar-refractivity contribution >= 4 is 29.4 Å². The normalized spacial score (nSPS) is 17.0. The van der Waals surface area contributed by atoms with E-state index >= 15 is 0 Å². The number of carboxylic acids is 1. The molecule has 1 heterocycles. The Morgan fingerprint density at radius 3 is 2.31 bits per heavy atom. The monoisotopic (exact) mass is 450 g/mol. The van der Waals surface area contributed by atoms with Crippen LogP contribution in [0.1, 0.15) is 17.5 Å². The lowest BCUT2D eigenvalue weighted by molar-refractivity contribution is -0.137. The second kappa shape index (κ2) is 9.31. The molecule has 1 amide bonds. The summed E-state index contributed by atoms with van der Waals surface area (Å²) in [4.78, 5) is 24.8. The lowest BCUT2D eigenvalue weighted by atomic mass is 9.93. The number of carbonyl (C=O) groups is 2. The van der Waals surface area contributed by atoms with Gasteiger partial charge in [0, 0.05) is 12.7 Å². The van der Waals surface area contributed by atoms with Crippen LogP contribution in [0.3, 0.4) is 0 Å². The van der Waals surface area contributed by atoms with Crippen LogP contribution in [0, 0.1) is 11.7 Å². The average Bonchev–Trinajstić information content (AvgIpc) is 3.03. The summed E-state index contributed by atoms with van der Waals surface area (Å²) in [6, 6.07) is 9.04. The number of methoxy groups -OCH3 is 1. The molecule has 2 aromatic carbocycles. The molecule has 0 saturated carbocycles. The van der Waals surface area contributed by atoms with Gasteiger partial charge in [0.1, 0.15) is 5.82 Å². The van der Waals surface area contributed by atoms with Gasteiger partial charge in [0.2, 0.25) is 0 Å². The van der Waals surface area contributed by atoms with Crippen LogP contribution in [0.15, 0.2) is 59.2 Å². The molecule has 10 heteroatoms. The van der Waals surface area contributed by atoms with Crippen LogP contribution < -0.4 is 5.01 Å². The van der Waals surface area contributed by atoms with E-state index in [1.54, 1.807) is 0 Å². The zero-order valence-electron chi connectivity index (χ0n) is 16.8. The highest BCUT2D eigenvalue weighted by atomic mass is 19.4. The fourth-order valence-electron chi connectivity index (χ4n) is 3.18. The molecule has 0 aliphatic carbocycles. The number of benzene rings is 2. The molecule has 1 unspecified atom stereocenters. The van der Waals surface area contributed by atoms with Gasteiger partial charge in [0.25, 0.3) is 5.91 Å². The summed E-state index contributed by atoms with van der Waals surface area (Å²) in [5.74, 6) is -3.31. The topological polar surface area (TPSA) is 79.2 Å². The van der Waals surface area contributed by atoms with E-state index in [4.69, 9.17) is 4.74 Å². The quantitative estimate of drug-likeness (QED) is 0.502. The molecule has 1 aliphatic rings. The summed E-state index contributed by atoms with van der Waals surface area (Å²) in [7, 11) is 1.39. The standard InChI is InChI=1S/C22H18F4N2O4/c1-32-12-19-18(20(29)28(27-19)17-8-6-16(23)7-9-17)11-14(21(30)31)10-13-2-4-15(5-3-13)22(24,25)26/h2-10,18H,11-12H2,1H3,(H,30,31)/b14-10-. The van der Waals surface area contributed by atoms with E-state index in [-0.39, 0.29) is 29.9 Å². The number of hydrogen-bond donors (Lipinski definition) is 1. The number of hydrazone groups is 1. The third-order valence-electron chi connectivity index (χ3n) is 4.78. The number of carboxylic acid groups (broad SMARTS) is 1. The Labute approximate surface area is 180 Å². The van der Waals surface area contributed by atoms with Crippen LogP contribution in [-0.4, -0.2) is 36.4 Å². The first-order valence-corrected chi connectivity index (χ1v) is 9.37. The van der Waals surface area contributed by atoms with E-state index in [2.05, 4.69) is 5.10 Å². The van der Waals surface area contributed by atoms with Gasteiger partial charge in [0.05, 0.1) is 29.5 Å². The SMILES string of the molecule is COCC1=NN(c2ccc(F)cc2)C(=O)C1C/C(=C/c1ccc(C(F)(F)F)cc1)C(=O)O. The van der Waals surface area contributed by atoms with Crippen LogP contribution in [0.2, 0.25) is 0 Å². The molecule has 0 aromatic heterocycles. The Bertz CT molecular complexity index is 1060. The van der Waals surface area contributed by atoms with E-state index in [1.165, 1.54) is 25.3 Å². The average molecular weight is 450 g/mol. The van der Waals surface area contributed by atoms with Crippen LogP contribution in [0.5, 0.6) is 0 Å². The number of alkyl halides is 3. The summed E-state index contributed by atoms with van der Waals surface area (Å²) in [5, 5.41) is 14.9. The number of halogens is 4. The minimum absolute atomic E-state index is 0.0404. The van der Waals surface area contributed by atoms with E-state index in [0.29, 0.717) is 5.69 Å². The summed E-state index contributed by atoms with van der Waals surface area (Å²) in [6.07, 6.45) is -3.56. The number of carbonyl (C=O) groups excluding carboxylic acids is 1. The van der Waals surface area contributed by atoms with Crippen molar-refractivity contribution in [3.8, 4) is 0 Å². The molecule has 3 rings (SSSR count). The molecule has 0 saturated heterocycles. The predicted molar refractivity (Wildman–Crippen MR) is 108 cm³/mol. The summed E-state index contributed by atoms with van der Waals surface area (Å²) in [5.41, 5.74) is -0.228. The third-order valence-corrected chi connectivity index (χ3v) is 4.78. The van der Waals surface area contributed by atoms with Crippen molar-refractivity contribution in [3.05, 3.63) is 71.0 Å². The highest BCUT2D eigenvalue weighted by molar-refractivity contribution is 6.16. The summed E-state index contributed by atoms with van der Waals surface area (Å²) < 4.78 is 56.5. The first kappa shape index (κ1) is 23.1. The molecule has 1 atom stereocenters. The van der Waals surface area contributed by atoms with Crippen molar-refractivity contribution in [2.24, 2.45) is 11.0 Å². The zero-order valence-corrected chi connectivity index (χ0v) is 16.8. The van der Waals surface area contributed by atoms with Gasteiger partial charge < -0.3 is 9.84 Å². The summed E-state index contributed by atoms with van der Waals surface area (Å²) >= 11 is 0. The summed E-state index contributed by atoms with van der Waals surface area (Å²) in [6.45, 7) is -0.0404. The van der Waals surface area contributed by atoms with Gasteiger partial charge in [-0.1, -0.05) is 12.1 Å². The fourth-order valence-corrected chi connectivity index (χ4v) is 3.18. The molecule has 1 aliphatic heterocycles. The van der Waals surface area contributed by atoms with E-state index < -0.39 is 35.4 Å². The minimum Gasteiger partial charge on any atom is -0.478 e. The Morgan fingerprint density at radius 2 is 1.78 bits per heavy atom. The number of nitrogens with zero attached hydrogens (tertiary/aromatic N) is 2. The van der Waals surface area contributed by atoms with Gasteiger partial charge in [-0.3, -0.25) is 4.79 Å². The largest absolute Gasteiger partial charge is 0.478 e. The highest BCUT2D eigenvalue weighted by Gasteiger charge is 2.38. The van der Waals surface area contributed by atoms with Gasteiger partial charge in [-0.25, -0.2) is 14.2 Å². The van der Waals surface area contributed by atoms with Crippen LogP contribution >= 0.6 is 0 Å². The van der Waals surface area contributed by atoms with Crippen molar-refractivity contribution in [1.29, 1.82) is 0 Å². The number of rotatable bonds is 7. The van der Waals surface area contributed by atoms with Crippen molar-refractivity contribution in [2.45, 2.75) is 12.6 Å². The lowest BCUT2D eigenvalue weighted by Crippen LogP contribution is -2.29. The molecule has 0 radical (unpaired) electrons. The maximum absolute atomic E-state index is 13.2. The Kier molecular flexibility index (Phi) is 6.73. The Hall–Kier alpha value is -3.53. The van der Waals surface area contributed by atoms with Crippen molar-refractivity contribution in [2.75, 3.05) is 18.7 Å². The number of anilines is 1. The fraction of sp³-hybridized carbons (Fsp3) is 0.227. The molecular weight excluding hydrogens is 432 g/mol. The first-order valence-electron chi connectivity index (χ1n) is 9.37. The number of hydrogen-bond acceptors (Lipinski definition) is 4. The molecule has 0 fully saturated rings. The molecule has 32 heavy (non-hydrogen) atoms. The van der Waals surface area contributed by atoms with E-state index in [0.717, 1.165) is 41.4 Å². The number of ether oxygens (including phenoxy) is 1. The maximum Gasteiger partial charge on any atom is 0.416 e. The van der Waals surface area contributed by atoms with Gasteiger partial charge in [0.15, 0.2) is 0 Å². The van der Waals surface area contributed by atoms with Crippen LogP contribution in [-0.2, 0) is 20.5 Å². The molecule has 0 spiro atoms. The second-order valence-corrected chi connectivity index (χ2v) is 7.00. The smallest absolute Gasteiger partial charge is 0.416 e. The van der Waals surface area contributed by atoms with Gasteiger partial charge in [-0.05, 0) is 54.5 Å². The zero-order chi connectivity index (χ0) is 23.5. The van der Waals surface area contributed by atoms with Crippen LogP contribution in [0.4, 0.5) is 23.2 Å². The van der Waals surface area contributed by atoms with Crippen molar-refractivity contribution in [1.82, 2.24) is 0 Å². The molecule has 168 valence electrons. The molecule has 2 aromatic rings. The van der Waals surface area contributed by atoms with E-state index in [9.17, 15) is 32.3 Å². The highest BCUT2D eigenvalue weighted by Crippen LogP contribution is 2.31. The minimum atomic E-state index is -4.51. The maximum atomic E-state index is 13.2. The number of amides is 1. The molecule has 0 bridgehead atoms. The molecule has 6 nitrogen and oxygen atoms in total. The number of aliphatic carboxylic acids is 1.